The molecule has 3 rings (SSSR count). The molecule has 0 aliphatic heterocycles. The van der Waals surface area contributed by atoms with Crippen LogP contribution in [0.4, 0.5) is 0 Å². The summed E-state index contributed by atoms with van der Waals surface area (Å²) < 4.78 is 4.25. The van der Waals surface area contributed by atoms with Gasteiger partial charge in [-0.15, -0.1) is 0 Å². The van der Waals surface area contributed by atoms with Crippen LogP contribution >= 0.6 is 0 Å². The van der Waals surface area contributed by atoms with Crippen molar-refractivity contribution in [1.29, 1.82) is 0 Å². The zero-order chi connectivity index (χ0) is 14.8. The van der Waals surface area contributed by atoms with E-state index in [1.807, 2.05) is 30.9 Å². The molecule has 0 saturated heterocycles. The van der Waals surface area contributed by atoms with Gasteiger partial charge >= 0.3 is 0 Å². The molecule has 5 heteroatoms. The van der Waals surface area contributed by atoms with Crippen LogP contribution in [0.1, 0.15) is 25.7 Å². The molecule has 5 nitrogen and oxygen atoms in total. The predicted molar refractivity (Wildman–Crippen MR) is 84.0 cm³/mol. The van der Waals surface area contributed by atoms with Crippen LogP contribution in [-0.2, 0) is 13.6 Å². The van der Waals surface area contributed by atoms with Crippen LogP contribution < -0.4 is 5.32 Å². The van der Waals surface area contributed by atoms with Crippen molar-refractivity contribution in [2.45, 2.75) is 32.5 Å². The third-order valence-corrected chi connectivity index (χ3v) is 3.79. The van der Waals surface area contributed by atoms with Gasteiger partial charge in [0.15, 0.2) is 0 Å². The van der Waals surface area contributed by atoms with Crippen molar-refractivity contribution < 1.29 is 0 Å². The van der Waals surface area contributed by atoms with Gasteiger partial charge in [-0.05, 0) is 26.0 Å². The largest absolute Gasteiger partial charge is 0.336 e. The van der Waals surface area contributed by atoms with E-state index in [0.29, 0.717) is 6.04 Å². The Morgan fingerprint density at radius 3 is 2.76 bits per heavy atom. The Balaban J connectivity index is 1.74. The molecule has 0 fully saturated rings. The molecule has 110 valence electrons. The molecule has 0 bridgehead atoms. The van der Waals surface area contributed by atoms with E-state index in [2.05, 4.69) is 52.5 Å². The molecule has 0 radical (unpaired) electrons. The Kier molecular flexibility index (Phi) is 3.75. The normalized spacial score (nSPS) is 14.4. The molecule has 2 aromatic heterocycles. The standard InChI is InChI=1S/C16H21N5/c1-12(10-21-9-8-17-11-21)18-13(2)16-19-14-6-4-5-7-15(14)20(16)3/h4-9,11-13,18H,10H2,1-3H3. The summed E-state index contributed by atoms with van der Waals surface area (Å²) in [6, 6.07) is 8.77. The topological polar surface area (TPSA) is 47.7 Å². The van der Waals surface area contributed by atoms with Crippen LogP contribution in [0, 0.1) is 0 Å². The minimum atomic E-state index is 0.195. The van der Waals surface area contributed by atoms with E-state index in [1.165, 1.54) is 5.52 Å². The Bertz CT molecular complexity index is 713. The first-order chi connectivity index (χ1) is 10.1. The summed E-state index contributed by atoms with van der Waals surface area (Å²) in [6.45, 7) is 5.24. The zero-order valence-corrected chi connectivity index (χ0v) is 12.7. The minimum Gasteiger partial charge on any atom is -0.336 e. The molecule has 0 aliphatic carbocycles. The van der Waals surface area contributed by atoms with Crippen LogP contribution in [0.3, 0.4) is 0 Å². The Hall–Kier alpha value is -2.14. The molecule has 2 heterocycles. The van der Waals surface area contributed by atoms with E-state index < -0.39 is 0 Å². The van der Waals surface area contributed by atoms with E-state index in [1.54, 1.807) is 0 Å². The van der Waals surface area contributed by atoms with Gasteiger partial charge in [-0.25, -0.2) is 9.97 Å². The fourth-order valence-corrected chi connectivity index (χ4v) is 2.82. The number of benzene rings is 1. The van der Waals surface area contributed by atoms with Crippen molar-refractivity contribution >= 4 is 11.0 Å². The summed E-state index contributed by atoms with van der Waals surface area (Å²) in [5, 5.41) is 3.60. The third kappa shape index (κ3) is 2.83. The number of hydrogen-bond donors (Lipinski definition) is 1. The third-order valence-electron chi connectivity index (χ3n) is 3.79. The number of fused-ring (bicyclic) bond motifs is 1. The number of rotatable bonds is 5. The van der Waals surface area contributed by atoms with E-state index in [-0.39, 0.29) is 6.04 Å². The van der Waals surface area contributed by atoms with Crippen LogP contribution in [-0.4, -0.2) is 25.1 Å². The molecule has 3 aromatic rings. The number of nitrogens with one attached hydrogen (secondary N) is 1. The fraction of sp³-hybridized carbons (Fsp3) is 0.375. The van der Waals surface area contributed by atoms with Gasteiger partial charge in [-0.2, -0.15) is 0 Å². The quantitative estimate of drug-likeness (QED) is 0.782. The summed E-state index contributed by atoms with van der Waals surface area (Å²) in [5.41, 5.74) is 2.22. The summed E-state index contributed by atoms with van der Waals surface area (Å²) in [5.74, 6) is 1.06. The van der Waals surface area contributed by atoms with Gasteiger partial charge < -0.3 is 14.5 Å². The monoisotopic (exact) mass is 283 g/mol. The zero-order valence-electron chi connectivity index (χ0n) is 12.7. The van der Waals surface area contributed by atoms with E-state index in [0.717, 1.165) is 17.9 Å². The van der Waals surface area contributed by atoms with Crippen molar-refractivity contribution in [1.82, 2.24) is 24.4 Å². The highest BCUT2D eigenvalue weighted by atomic mass is 15.1. The molecule has 0 amide bonds. The first-order valence-electron chi connectivity index (χ1n) is 7.28. The Morgan fingerprint density at radius 1 is 1.24 bits per heavy atom. The molecule has 0 aliphatic rings. The summed E-state index contributed by atoms with van der Waals surface area (Å²) in [4.78, 5) is 8.82. The molecule has 2 atom stereocenters. The fourth-order valence-electron chi connectivity index (χ4n) is 2.82. The molecular formula is C16H21N5. The van der Waals surface area contributed by atoms with Crippen molar-refractivity contribution in [3.05, 3.63) is 48.8 Å². The number of aryl methyl sites for hydroxylation is 1. The van der Waals surface area contributed by atoms with E-state index >= 15 is 0 Å². The number of hydrogen-bond acceptors (Lipinski definition) is 3. The van der Waals surface area contributed by atoms with Crippen molar-refractivity contribution in [3.63, 3.8) is 0 Å². The van der Waals surface area contributed by atoms with Gasteiger partial charge in [0.25, 0.3) is 0 Å². The summed E-state index contributed by atoms with van der Waals surface area (Å²) in [6.07, 6.45) is 5.64. The highest BCUT2D eigenvalue weighted by molar-refractivity contribution is 5.75. The Morgan fingerprint density at radius 2 is 2.05 bits per heavy atom. The van der Waals surface area contributed by atoms with Gasteiger partial charge in [0.2, 0.25) is 0 Å². The van der Waals surface area contributed by atoms with Crippen molar-refractivity contribution in [2.24, 2.45) is 7.05 Å². The maximum Gasteiger partial charge on any atom is 0.126 e. The smallest absolute Gasteiger partial charge is 0.126 e. The number of imidazole rings is 2. The van der Waals surface area contributed by atoms with E-state index in [4.69, 9.17) is 4.98 Å². The first-order valence-corrected chi connectivity index (χ1v) is 7.28. The average Bonchev–Trinajstić information content (AvgIpc) is 3.07. The van der Waals surface area contributed by atoms with Gasteiger partial charge in [0.1, 0.15) is 5.82 Å². The summed E-state index contributed by atoms with van der Waals surface area (Å²) >= 11 is 0. The molecule has 0 spiro atoms. The molecule has 2 unspecified atom stereocenters. The lowest BCUT2D eigenvalue weighted by molar-refractivity contribution is 0.415. The average molecular weight is 283 g/mol. The van der Waals surface area contributed by atoms with E-state index in [9.17, 15) is 0 Å². The lowest BCUT2D eigenvalue weighted by atomic mass is 10.2. The van der Waals surface area contributed by atoms with Gasteiger partial charge in [-0.3, -0.25) is 0 Å². The van der Waals surface area contributed by atoms with Crippen LogP contribution in [0.5, 0.6) is 0 Å². The van der Waals surface area contributed by atoms with Crippen LogP contribution in [0.15, 0.2) is 43.0 Å². The molecule has 0 saturated carbocycles. The second-order valence-corrected chi connectivity index (χ2v) is 5.57. The minimum absolute atomic E-state index is 0.195. The molecule has 21 heavy (non-hydrogen) atoms. The van der Waals surface area contributed by atoms with Crippen molar-refractivity contribution in [3.8, 4) is 0 Å². The SMILES string of the molecule is CC(Cn1ccnc1)NC(C)c1nc2ccccc2n1C. The second kappa shape index (κ2) is 5.69. The van der Waals surface area contributed by atoms with Gasteiger partial charge in [0, 0.05) is 32.0 Å². The number of aromatic nitrogens is 4. The number of para-hydroxylation sites is 2. The van der Waals surface area contributed by atoms with Gasteiger partial charge in [-0.1, -0.05) is 12.1 Å². The first kappa shape index (κ1) is 13.8. The molecule has 1 aromatic carbocycles. The van der Waals surface area contributed by atoms with Crippen LogP contribution in [0.2, 0.25) is 0 Å². The summed E-state index contributed by atoms with van der Waals surface area (Å²) in [7, 11) is 2.07. The lowest BCUT2D eigenvalue weighted by Crippen LogP contribution is -2.33. The maximum absolute atomic E-state index is 4.74. The lowest BCUT2D eigenvalue weighted by Gasteiger charge is -2.20. The highest BCUT2D eigenvalue weighted by Crippen LogP contribution is 2.19. The molecular weight excluding hydrogens is 262 g/mol. The molecule has 1 N–H and O–H groups in total. The van der Waals surface area contributed by atoms with Crippen LogP contribution in [0.25, 0.3) is 11.0 Å². The highest BCUT2D eigenvalue weighted by Gasteiger charge is 2.16. The maximum atomic E-state index is 4.74. The van der Waals surface area contributed by atoms with Gasteiger partial charge in [0.05, 0.1) is 23.4 Å². The van der Waals surface area contributed by atoms with Crippen molar-refractivity contribution in [2.75, 3.05) is 0 Å². The second-order valence-electron chi connectivity index (χ2n) is 5.57. The predicted octanol–water partition coefficient (Wildman–Crippen LogP) is 2.51. The number of nitrogens with zero attached hydrogens (tertiary/aromatic N) is 4. The Labute approximate surface area is 124 Å².